The highest BCUT2D eigenvalue weighted by atomic mass is 35.5. The van der Waals surface area contributed by atoms with Crippen LogP contribution in [0.3, 0.4) is 0 Å². The second-order valence-electron chi connectivity index (χ2n) is 6.67. The van der Waals surface area contributed by atoms with Gasteiger partial charge in [-0.3, -0.25) is 0 Å². The molecule has 2 unspecified atom stereocenters. The van der Waals surface area contributed by atoms with Gasteiger partial charge in [0.1, 0.15) is 0 Å². The average molecular weight is 308 g/mol. The third-order valence-electron chi connectivity index (χ3n) is 5.26. The highest BCUT2D eigenvalue weighted by Crippen LogP contribution is 2.47. The zero-order chi connectivity index (χ0) is 14.9. The summed E-state index contributed by atoms with van der Waals surface area (Å²) in [7, 11) is 0. The maximum atomic E-state index is 6.12. The van der Waals surface area contributed by atoms with E-state index < -0.39 is 0 Å². The Hall–Kier alpha value is -0.570. The summed E-state index contributed by atoms with van der Waals surface area (Å²) in [6, 6.07) is 6.73. The summed E-state index contributed by atoms with van der Waals surface area (Å²) in [5, 5.41) is 4.54. The van der Waals surface area contributed by atoms with Gasteiger partial charge in [0.25, 0.3) is 0 Å². The Kier molecular flexibility index (Phi) is 4.58. The van der Waals surface area contributed by atoms with Gasteiger partial charge in [0.05, 0.1) is 5.60 Å². The van der Waals surface area contributed by atoms with E-state index in [2.05, 4.69) is 31.3 Å². The van der Waals surface area contributed by atoms with E-state index >= 15 is 0 Å². The van der Waals surface area contributed by atoms with E-state index in [-0.39, 0.29) is 5.60 Å². The van der Waals surface area contributed by atoms with E-state index in [4.69, 9.17) is 16.3 Å². The molecule has 2 atom stereocenters. The Morgan fingerprint density at radius 1 is 1.43 bits per heavy atom. The van der Waals surface area contributed by atoms with Gasteiger partial charge in [0.15, 0.2) is 0 Å². The molecule has 1 aromatic rings. The van der Waals surface area contributed by atoms with Crippen LogP contribution in [0, 0.1) is 12.8 Å². The van der Waals surface area contributed by atoms with Crippen LogP contribution in [0.1, 0.15) is 56.2 Å². The summed E-state index contributed by atoms with van der Waals surface area (Å²) < 4.78 is 6.10. The van der Waals surface area contributed by atoms with Crippen molar-refractivity contribution in [3.63, 3.8) is 0 Å². The molecule has 1 aliphatic heterocycles. The summed E-state index contributed by atoms with van der Waals surface area (Å²) >= 11 is 6.12. The molecular formula is C18H26ClNO. The topological polar surface area (TPSA) is 21.3 Å². The van der Waals surface area contributed by atoms with Crippen LogP contribution in [0.15, 0.2) is 18.2 Å². The van der Waals surface area contributed by atoms with Crippen molar-refractivity contribution in [1.29, 1.82) is 0 Å². The molecular weight excluding hydrogens is 282 g/mol. The fraction of sp³-hybridized carbons (Fsp3) is 0.667. The minimum Gasteiger partial charge on any atom is -0.375 e. The van der Waals surface area contributed by atoms with E-state index in [1.807, 2.05) is 6.07 Å². The van der Waals surface area contributed by atoms with E-state index in [0.717, 1.165) is 24.6 Å². The zero-order valence-corrected chi connectivity index (χ0v) is 13.9. The van der Waals surface area contributed by atoms with Crippen molar-refractivity contribution in [2.75, 3.05) is 13.2 Å². The molecule has 1 aromatic carbocycles. The Morgan fingerprint density at radius 2 is 2.24 bits per heavy atom. The maximum Gasteiger partial charge on any atom is 0.0686 e. The van der Waals surface area contributed by atoms with Crippen LogP contribution in [0.4, 0.5) is 0 Å². The lowest BCUT2D eigenvalue weighted by Gasteiger charge is -2.49. The number of aryl methyl sites for hydroxylation is 1. The van der Waals surface area contributed by atoms with Gasteiger partial charge in [-0.25, -0.2) is 0 Å². The van der Waals surface area contributed by atoms with Crippen molar-refractivity contribution >= 4 is 11.6 Å². The molecule has 0 bridgehead atoms. The van der Waals surface area contributed by atoms with Crippen molar-refractivity contribution in [2.45, 2.75) is 57.6 Å². The lowest BCUT2D eigenvalue weighted by atomic mass is 9.69. The first-order chi connectivity index (χ1) is 10.1. The molecule has 1 aliphatic carbocycles. The highest BCUT2D eigenvalue weighted by Gasteiger charge is 2.44. The maximum absolute atomic E-state index is 6.12. The number of rotatable bonds is 4. The monoisotopic (exact) mass is 307 g/mol. The number of hydrogen-bond donors (Lipinski definition) is 1. The molecule has 0 radical (unpaired) electrons. The van der Waals surface area contributed by atoms with Gasteiger partial charge < -0.3 is 10.1 Å². The summed E-state index contributed by atoms with van der Waals surface area (Å²) in [5.41, 5.74) is 2.90. The lowest BCUT2D eigenvalue weighted by Crippen LogP contribution is -2.48. The summed E-state index contributed by atoms with van der Waals surface area (Å²) in [5.74, 6) is 0.666. The minimum atomic E-state index is 0.205. The molecule has 1 heterocycles. The molecule has 0 aromatic heterocycles. The van der Waals surface area contributed by atoms with Crippen LogP contribution in [0.2, 0.25) is 5.02 Å². The number of halogens is 1. The molecule has 116 valence electrons. The third kappa shape index (κ3) is 3.13. The fourth-order valence-electron chi connectivity index (χ4n) is 4.01. The van der Waals surface area contributed by atoms with Crippen LogP contribution in [0.25, 0.3) is 0 Å². The molecule has 1 N–H and O–H groups in total. The van der Waals surface area contributed by atoms with E-state index in [9.17, 15) is 0 Å². The standard InChI is InChI=1S/C18H26ClNO/c1-3-20-17(16-6-5-15(19)11-13(16)2)14-7-10-21-18(12-14)8-4-9-18/h5-6,11,14,17,20H,3-4,7-10,12H2,1-2H3. The van der Waals surface area contributed by atoms with Gasteiger partial charge in [0, 0.05) is 17.7 Å². The molecule has 2 nitrogen and oxygen atoms in total. The first-order valence-electron chi connectivity index (χ1n) is 8.27. The van der Waals surface area contributed by atoms with Gasteiger partial charge in [-0.1, -0.05) is 24.6 Å². The van der Waals surface area contributed by atoms with Gasteiger partial charge in [-0.2, -0.15) is 0 Å². The fourth-order valence-corrected chi connectivity index (χ4v) is 4.23. The molecule has 2 aliphatic rings. The first kappa shape index (κ1) is 15.3. The lowest BCUT2D eigenvalue weighted by molar-refractivity contribution is -0.147. The van der Waals surface area contributed by atoms with E-state index in [1.165, 1.54) is 36.8 Å². The Balaban J connectivity index is 1.83. The van der Waals surface area contributed by atoms with Gasteiger partial charge in [-0.15, -0.1) is 0 Å². The SMILES string of the molecule is CCNC(c1ccc(Cl)cc1C)C1CCOC2(CCC2)C1. The quantitative estimate of drug-likeness (QED) is 0.874. The van der Waals surface area contributed by atoms with Gasteiger partial charge >= 0.3 is 0 Å². The molecule has 3 rings (SSSR count). The van der Waals surface area contributed by atoms with Gasteiger partial charge in [-0.05, 0) is 74.8 Å². The predicted molar refractivity (Wildman–Crippen MR) is 87.9 cm³/mol. The van der Waals surface area contributed by atoms with Crippen LogP contribution < -0.4 is 5.32 Å². The molecule has 1 saturated heterocycles. The van der Waals surface area contributed by atoms with Crippen LogP contribution in [0.5, 0.6) is 0 Å². The van der Waals surface area contributed by atoms with Crippen molar-refractivity contribution in [1.82, 2.24) is 5.32 Å². The molecule has 0 amide bonds. The van der Waals surface area contributed by atoms with Gasteiger partial charge in [0.2, 0.25) is 0 Å². The zero-order valence-electron chi connectivity index (χ0n) is 13.1. The summed E-state index contributed by atoms with van der Waals surface area (Å²) in [6.45, 7) is 6.27. The van der Waals surface area contributed by atoms with Crippen molar-refractivity contribution in [3.05, 3.63) is 34.3 Å². The minimum absolute atomic E-state index is 0.205. The highest BCUT2D eigenvalue weighted by molar-refractivity contribution is 6.30. The third-order valence-corrected chi connectivity index (χ3v) is 5.49. The molecule has 3 heteroatoms. The average Bonchev–Trinajstić information content (AvgIpc) is 2.44. The first-order valence-corrected chi connectivity index (χ1v) is 8.65. The molecule has 1 saturated carbocycles. The summed E-state index contributed by atoms with van der Waals surface area (Å²) in [4.78, 5) is 0. The second kappa shape index (κ2) is 6.28. The molecule has 1 spiro atoms. The largest absolute Gasteiger partial charge is 0.375 e. The summed E-state index contributed by atoms with van der Waals surface area (Å²) in [6.07, 6.45) is 6.19. The Morgan fingerprint density at radius 3 is 2.86 bits per heavy atom. The molecule has 2 fully saturated rings. The van der Waals surface area contributed by atoms with Crippen LogP contribution in [-0.2, 0) is 4.74 Å². The van der Waals surface area contributed by atoms with Crippen molar-refractivity contribution < 1.29 is 4.74 Å². The second-order valence-corrected chi connectivity index (χ2v) is 7.11. The smallest absolute Gasteiger partial charge is 0.0686 e. The van der Waals surface area contributed by atoms with Crippen molar-refractivity contribution in [3.8, 4) is 0 Å². The van der Waals surface area contributed by atoms with E-state index in [0.29, 0.717) is 12.0 Å². The Labute approximate surface area is 133 Å². The normalized spacial score (nSPS) is 25.6. The number of hydrogen-bond acceptors (Lipinski definition) is 2. The van der Waals surface area contributed by atoms with E-state index in [1.54, 1.807) is 0 Å². The van der Waals surface area contributed by atoms with Crippen LogP contribution in [-0.4, -0.2) is 18.8 Å². The predicted octanol–water partition coefficient (Wildman–Crippen LogP) is 4.65. The number of benzene rings is 1. The molecule has 21 heavy (non-hydrogen) atoms. The van der Waals surface area contributed by atoms with Crippen molar-refractivity contribution in [2.24, 2.45) is 5.92 Å². The van der Waals surface area contributed by atoms with Crippen LogP contribution >= 0.6 is 11.6 Å². The number of ether oxygens (including phenoxy) is 1. The number of nitrogens with one attached hydrogen (secondary N) is 1. The Bertz CT molecular complexity index is 498.